The van der Waals surface area contributed by atoms with Gasteiger partial charge in [0.05, 0.1) is 11.6 Å². The van der Waals surface area contributed by atoms with Crippen LogP contribution >= 0.6 is 24.8 Å². The normalized spacial score (nSPS) is 17.7. The molecule has 8 heteroatoms. The maximum absolute atomic E-state index is 12.7. The van der Waals surface area contributed by atoms with Crippen LogP contribution in [0, 0.1) is 0 Å². The molecule has 0 spiro atoms. The van der Waals surface area contributed by atoms with Gasteiger partial charge in [-0.25, -0.2) is 0 Å². The molecule has 4 rings (SSSR count). The summed E-state index contributed by atoms with van der Waals surface area (Å²) in [5, 5.41) is 6.26. The number of amides is 2. The zero-order chi connectivity index (χ0) is 17.9. The summed E-state index contributed by atoms with van der Waals surface area (Å²) in [5.74, 6) is -0.0222. The molecule has 28 heavy (non-hydrogen) atoms. The molecule has 1 atom stereocenters. The van der Waals surface area contributed by atoms with E-state index in [0.29, 0.717) is 12.1 Å². The van der Waals surface area contributed by atoms with Gasteiger partial charge in [0.1, 0.15) is 0 Å². The molecule has 0 saturated carbocycles. The maximum atomic E-state index is 12.7. The highest BCUT2D eigenvalue weighted by atomic mass is 35.5. The molecule has 1 fully saturated rings. The lowest BCUT2D eigenvalue weighted by Crippen LogP contribution is -2.43. The Balaban J connectivity index is 0.00000140. The quantitative estimate of drug-likeness (QED) is 0.795. The number of aromatic nitrogens is 1. The molecule has 3 heterocycles. The summed E-state index contributed by atoms with van der Waals surface area (Å²) in [4.78, 5) is 30.9. The lowest BCUT2D eigenvalue weighted by atomic mass is 10.0. The van der Waals surface area contributed by atoms with Gasteiger partial charge in [0.2, 0.25) is 5.91 Å². The summed E-state index contributed by atoms with van der Waals surface area (Å²) >= 11 is 0. The zero-order valence-electron chi connectivity index (χ0n) is 15.4. The van der Waals surface area contributed by atoms with E-state index >= 15 is 0 Å². The molecule has 0 aliphatic carbocycles. The molecule has 6 nitrogen and oxygen atoms in total. The van der Waals surface area contributed by atoms with Crippen LogP contribution in [0.1, 0.15) is 35.2 Å². The third-order valence-electron chi connectivity index (χ3n) is 5.02. The van der Waals surface area contributed by atoms with Gasteiger partial charge in [-0.3, -0.25) is 14.6 Å². The number of hydrogen-bond acceptors (Lipinski definition) is 4. The summed E-state index contributed by atoms with van der Waals surface area (Å²) in [6.45, 7) is 1.54. The van der Waals surface area contributed by atoms with E-state index in [9.17, 15) is 9.59 Å². The van der Waals surface area contributed by atoms with Crippen LogP contribution in [-0.2, 0) is 11.2 Å². The van der Waals surface area contributed by atoms with Crippen molar-refractivity contribution in [3.63, 3.8) is 0 Å². The van der Waals surface area contributed by atoms with Gasteiger partial charge < -0.3 is 15.5 Å². The average molecular weight is 423 g/mol. The number of anilines is 2. The lowest BCUT2D eigenvalue weighted by Gasteiger charge is -2.22. The number of nitrogens with zero attached hydrogens (tertiary/aromatic N) is 2. The van der Waals surface area contributed by atoms with Crippen LogP contribution in [-0.4, -0.2) is 35.9 Å². The second-order valence-corrected chi connectivity index (χ2v) is 6.78. The maximum Gasteiger partial charge on any atom is 0.259 e. The van der Waals surface area contributed by atoms with Gasteiger partial charge in [0.25, 0.3) is 5.91 Å². The van der Waals surface area contributed by atoms with Crippen molar-refractivity contribution >= 4 is 48.0 Å². The number of carbonyl (C=O) groups is 2. The molecule has 1 aromatic heterocycles. The molecular formula is C20H24Cl2N4O2. The Hall–Kier alpha value is -2.15. The van der Waals surface area contributed by atoms with E-state index in [1.54, 1.807) is 29.4 Å². The fraction of sp³-hybridized carbons (Fsp3) is 0.350. The first-order valence-corrected chi connectivity index (χ1v) is 9.11. The number of rotatable bonds is 3. The van der Waals surface area contributed by atoms with Crippen molar-refractivity contribution in [3.8, 4) is 0 Å². The second kappa shape index (κ2) is 9.87. The Morgan fingerprint density at radius 3 is 2.75 bits per heavy atom. The van der Waals surface area contributed by atoms with Crippen LogP contribution in [0.3, 0.4) is 0 Å². The monoisotopic (exact) mass is 422 g/mol. The number of benzene rings is 1. The fourth-order valence-corrected chi connectivity index (χ4v) is 3.64. The van der Waals surface area contributed by atoms with Gasteiger partial charge in [-0.15, -0.1) is 24.8 Å². The summed E-state index contributed by atoms with van der Waals surface area (Å²) in [5.41, 5.74) is 3.36. The van der Waals surface area contributed by atoms with Crippen LogP contribution in [0.5, 0.6) is 0 Å². The van der Waals surface area contributed by atoms with E-state index in [2.05, 4.69) is 15.6 Å². The average Bonchev–Trinajstić information content (AvgIpc) is 3.12. The van der Waals surface area contributed by atoms with E-state index < -0.39 is 0 Å². The van der Waals surface area contributed by atoms with Crippen molar-refractivity contribution in [2.24, 2.45) is 0 Å². The smallest absolute Gasteiger partial charge is 0.259 e. The van der Waals surface area contributed by atoms with Crippen molar-refractivity contribution in [3.05, 3.63) is 53.9 Å². The predicted molar refractivity (Wildman–Crippen MR) is 115 cm³/mol. The van der Waals surface area contributed by atoms with Gasteiger partial charge in [0.15, 0.2) is 0 Å². The Morgan fingerprint density at radius 2 is 2.04 bits per heavy atom. The van der Waals surface area contributed by atoms with Crippen LogP contribution < -0.4 is 15.5 Å². The first-order chi connectivity index (χ1) is 12.7. The molecule has 2 N–H and O–H groups in total. The van der Waals surface area contributed by atoms with Crippen molar-refractivity contribution < 1.29 is 9.59 Å². The van der Waals surface area contributed by atoms with Crippen molar-refractivity contribution in [2.45, 2.75) is 31.7 Å². The van der Waals surface area contributed by atoms with E-state index in [4.69, 9.17) is 0 Å². The Bertz CT molecular complexity index is 826. The van der Waals surface area contributed by atoms with E-state index in [1.807, 2.05) is 18.2 Å². The summed E-state index contributed by atoms with van der Waals surface area (Å²) in [6, 6.07) is 9.20. The molecule has 0 unspecified atom stereocenters. The third-order valence-corrected chi connectivity index (χ3v) is 5.02. The molecule has 2 amide bonds. The van der Waals surface area contributed by atoms with E-state index in [-0.39, 0.29) is 42.7 Å². The van der Waals surface area contributed by atoms with Crippen molar-refractivity contribution in [1.82, 2.24) is 10.3 Å². The molecule has 1 aromatic carbocycles. The Kier molecular flexibility index (Phi) is 7.80. The third kappa shape index (κ3) is 4.63. The Labute approximate surface area is 176 Å². The molecule has 150 valence electrons. The van der Waals surface area contributed by atoms with Crippen LogP contribution in [0.15, 0.2) is 42.7 Å². The van der Waals surface area contributed by atoms with Gasteiger partial charge in [-0.05, 0) is 61.7 Å². The number of hydrogen-bond donors (Lipinski definition) is 2. The summed E-state index contributed by atoms with van der Waals surface area (Å²) in [6.07, 6.45) is 7.12. The molecule has 1 saturated heterocycles. The van der Waals surface area contributed by atoms with Gasteiger partial charge in [-0.2, -0.15) is 0 Å². The molecule has 2 aliphatic rings. The number of halogens is 2. The van der Waals surface area contributed by atoms with Crippen molar-refractivity contribution in [2.75, 3.05) is 23.3 Å². The minimum Gasteiger partial charge on any atom is -0.325 e. The second-order valence-electron chi connectivity index (χ2n) is 6.78. The molecule has 0 radical (unpaired) electrons. The summed E-state index contributed by atoms with van der Waals surface area (Å²) < 4.78 is 0. The summed E-state index contributed by atoms with van der Waals surface area (Å²) in [7, 11) is 0. The standard InChI is InChI=1S/C20H22N4O2.2ClH/c25-19(17-5-1-2-10-22-17)23-16-6-7-18-14(12-16)8-11-24(18)20(26)15-4-3-9-21-13-15;;/h3-4,6-7,9,12-13,17,22H,1-2,5,8,10-11H2,(H,23,25);2*1H/t17-;;/m1../s1. The molecule has 2 aromatic rings. The SMILES string of the molecule is Cl.Cl.O=C(Nc1ccc2c(c1)CCN2C(=O)c1cccnc1)[C@H]1CCCCN1. The zero-order valence-corrected chi connectivity index (χ0v) is 17.0. The highest BCUT2D eigenvalue weighted by Gasteiger charge is 2.26. The number of fused-ring (bicyclic) bond motifs is 1. The fourth-order valence-electron chi connectivity index (χ4n) is 3.64. The van der Waals surface area contributed by atoms with Gasteiger partial charge in [0, 0.05) is 30.3 Å². The van der Waals surface area contributed by atoms with Crippen LogP contribution in [0.4, 0.5) is 11.4 Å². The minimum atomic E-state index is -0.110. The highest BCUT2D eigenvalue weighted by Crippen LogP contribution is 2.31. The van der Waals surface area contributed by atoms with E-state index in [1.165, 1.54) is 0 Å². The molecule has 2 aliphatic heterocycles. The number of nitrogens with one attached hydrogen (secondary N) is 2. The topological polar surface area (TPSA) is 74.3 Å². The number of pyridine rings is 1. The largest absolute Gasteiger partial charge is 0.325 e. The number of piperidine rings is 1. The van der Waals surface area contributed by atoms with Crippen LogP contribution in [0.2, 0.25) is 0 Å². The number of carbonyl (C=O) groups excluding carboxylic acids is 2. The van der Waals surface area contributed by atoms with Gasteiger partial charge >= 0.3 is 0 Å². The lowest BCUT2D eigenvalue weighted by molar-refractivity contribution is -0.118. The van der Waals surface area contributed by atoms with Crippen LogP contribution in [0.25, 0.3) is 0 Å². The Morgan fingerprint density at radius 1 is 1.18 bits per heavy atom. The van der Waals surface area contributed by atoms with E-state index in [0.717, 1.165) is 49.2 Å². The first-order valence-electron chi connectivity index (χ1n) is 9.11. The van der Waals surface area contributed by atoms with Crippen molar-refractivity contribution in [1.29, 1.82) is 0 Å². The molecular weight excluding hydrogens is 399 g/mol. The first kappa shape index (κ1) is 22.1. The highest BCUT2D eigenvalue weighted by molar-refractivity contribution is 6.07. The minimum absolute atomic E-state index is 0. The molecule has 0 bridgehead atoms. The van der Waals surface area contributed by atoms with Gasteiger partial charge in [-0.1, -0.05) is 6.42 Å². The predicted octanol–water partition coefficient (Wildman–Crippen LogP) is 3.21.